The van der Waals surface area contributed by atoms with Gasteiger partial charge in [-0.1, -0.05) is 49.1 Å². The van der Waals surface area contributed by atoms with E-state index in [4.69, 9.17) is 0 Å². The minimum Gasteiger partial charge on any atom is -0.295 e. The number of allylic oxidation sites excluding steroid dienone is 2. The summed E-state index contributed by atoms with van der Waals surface area (Å²) in [6.07, 6.45) is 7.47. The summed E-state index contributed by atoms with van der Waals surface area (Å²) in [6.45, 7) is 9.30. The van der Waals surface area contributed by atoms with Crippen LogP contribution in [0.5, 0.6) is 0 Å². The highest BCUT2D eigenvalue weighted by atomic mass is 32.1. The van der Waals surface area contributed by atoms with E-state index in [9.17, 15) is 0 Å². The van der Waals surface area contributed by atoms with E-state index in [1.54, 1.807) is 0 Å². The van der Waals surface area contributed by atoms with Crippen molar-refractivity contribution < 1.29 is 0 Å². The largest absolute Gasteiger partial charge is 0.295 e. The Bertz CT molecular complexity index is 528. The second-order valence-corrected chi connectivity index (χ2v) is 5.56. The third-order valence-corrected chi connectivity index (χ3v) is 4.09. The summed E-state index contributed by atoms with van der Waals surface area (Å²) in [6, 6.07) is 8.74. The molecule has 0 fully saturated rings. The zero-order valence-electron chi connectivity index (χ0n) is 12.2. The highest BCUT2D eigenvalue weighted by Gasteiger charge is 2.15. The Kier molecular flexibility index (Phi) is 5.69. The van der Waals surface area contributed by atoms with Crippen molar-refractivity contribution in [3.8, 4) is 0 Å². The van der Waals surface area contributed by atoms with Crippen molar-refractivity contribution in [2.24, 2.45) is 0 Å². The summed E-state index contributed by atoms with van der Waals surface area (Å²) in [5.74, 6) is 0.775. The molecule has 0 N–H and O–H groups in total. The molecule has 106 valence electrons. The van der Waals surface area contributed by atoms with Crippen LogP contribution in [0.25, 0.3) is 0 Å². The fourth-order valence-corrected chi connectivity index (χ4v) is 2.78. The Hall–Kier alpha value is -1.25. The predicted octanol–water partition coefficient (Wildman–Crippen LogP) is 4.03. The second kappa shape index (κ2) is 7.51. The van der Waals surface area contributed by atoms with E-state index in [2.05, 4.69) is 66.6 Å². The van der Waals surface area contributed by atoms with Crippen molar-refractivity contribution in [1.29, 1.82) is 0 Å². The van der Waals surface area contributed by atoms with Gasteiger partial charge in [0.05, 0.1) is 0 Å². The number of thiol groups is 1. The first-order valence-corrected chi connectivity index (χ1v) is 7.77. The van der Waals surface area contributed by atoms with Crippen LogP contribution in [0.1, 0.15) is 18.1 Å². The SMILES string of the molecule is C=C(/C=C\C(=C/C)CS)CN1CCc2ccccc2C1. The summed E-state index contributed by atoms with van der Waals surface area (Å²) in [5, 5.41) is 0. The van der Waals surface area contributed by atoms with Crippen LogP contribution in [0.2, 0.25) is 0 Å². The molecule has 0 saturated heterocycles. The molecule has 2 heteroatoms. The Morgan fingerprint density at radius 1 is 1.30 bits per heavy atom. The number of hydrogen-bond donors (Lipinski definition) is 1. The molecule has 1 aromatic carbocycles. The number of fused-ring (bicyclic) bond motifs is 1. The lowest BCUT2D eigenvalue weighted by molar-refractivity contribution is 0.278. The van der Waals surface area contributed by atoms with Crippen LogP contribution in [-0.4, -0.2) is 23.7 Å². The molecule has 1 aliphatic rings. The predicted molar refractivity (Wildman–Crippen MR) is 91.3 cm³/mol. The van der Waals surface area contributed by atoms with Gasteiger partial charge in [0, 0.05) is 25.4 Å². The van der Waals surface area contributed by atoms with E-state index < -0.39 is 0 Å². The van der Waals surface area contributed by atoms with E-state index in [1.807, 2.05) is 6.92 Å². The molecular weight excluding hydrogens is 262 g/mol. The topological polar surface area (TPSA) is 3.24 Å². The van der Waals surface area contributed by atoms with Crippen LogP contribution >= 0.6 is 12.6 Å². The lowest BCUT2D eigenvalue weighted by Gasteiger charge is -2.28. The summed E-state index contributed by atoms with van der Waals surface area (Å²) >= 11 is 4.30. The van der Waals surface area contributed by atoms with Gasteiger partial charge in [0.25, 0.3) is 0 Å². The van der Waals surface area contributed by atoms with E-state index in [1.165, 1.54) is 16.7 Å². The average Bonchev–Trinajstić information content (AvgIpc) is 2.48. The molecule has 0 aliphatic carbocycles. The Balaban J connectivity index is 1.91. The molecule has 1 aromatic rings. The molecule has 1 heterocycles. The molecule has 0 bridgehead atoms. The first-order valence-electron chi connectivity index (χ1n) is 7.14. The molecule has 0 aromatic heterocycles. The van der Waals surface area contributed by atoms with Crippen LogP contribution in [0.4, 0.5) is 0 Å². The molecule has 0 unspecified atom stereocenters. The van der Waals surface area contributed by atoms with Crippen LogP contribution in [0, 0.1) is 0 Å². The van der Waals surface area contributed by atoms with E-state index in [0.29, 0.717) is 0 Å². The smallest absolute Gasteiger partial charge is 0.0240 e. The quantitative estimate of drug-likeness (QED) is 0.631. The van der Waals surface area contributed by atoms with E-state index >= 15 is 0 Å². The van der Waals surface area contributed by atoms with Crippen molar-refractivity contribution in [2.45, 2.75) is 19.9 Å². The van der Waals surface area contributed by atoms with Crippen molar-refractivity contribution in [1.82, 2.24) is 4.90 Å². The van der Waals surface area contributed by atoms with E-state index in [-0.39, 0.29) is 0 Å². The summed E-state index contributed by atoms with van der Waals surface area (Å²) in [7, 11) is 0. The third kappa shape index (κ3) is 4.12. The summed E-state index contributed by atoms with van der Waals surface area (Å²) in [5.41, 5.74) is 5.35. The van der Waals surface area contributed by atoms with Crippen molar-refractivity contribution in [3.05, 3.63) is 71.3 Å². The fourth-order valence-electron chi connectivity index (χ4n) is 2.49. The highest BCUT2D eigenvalue weighted by Crippen LogP contribution is 2.19. The summed E-state index contributed by atoms with van der Waals surface area (Å²) < 4.78 is 0. The standard InChI is InChI=1S/C18H23NS/c1-3-16(14-20)9-8-15(2)12-19-11-10-17-6-4-5-7-18(17)13-19/h3-9,20H,2,10-14H2,1H3/b9-8-,16-3+. The molecule has 0 saturated carbocycles. The van der Waals surface area contributed by atoms with Crippen LogP contribution < -0.4 is 0 Å². The molecule has 20 heavy (non-hydrogen) atoms. The van der Waals surface area contributed by atoms with Gasteiger partial charge in [-0.25, -0.2) is 0 Å². The fraction of sp³-hybridized carbons (Fsp3) is 0.333. The second-order valence-electron chi connectivity index (χ2n) is 5.24. The molecule has 0 amide bonds. The van der Waals surface area contributed by atoms with Gasteiger partial charge in [-0.2, -0.15) is 12.6 Å². The normalized spacial score (nSPS) is 16.4. The van der Waals surface area contributed by atoms with Gasteiger partial charge >= 0.3 is 0 Å². The lowest BCUT2D eigenvalue weighted by atomic mass is 9.99. The maximum Gasteiger partial charge on any atom is 0.0240 e. The first kappa shape index (κ1) is 15.1. The van der Waals surface area contributed by atoms with Gasteiger partial charge in [-0.15, -0.1) is 0 Å². The Morgan fingerprint density at radius 3 is 2.75 bits per heavy atom. The lowest BCUT2D eigenvalue weighted by Crippen LogP contribution is -2.31. The number of nitrogens with zero attached hydrogens (tertiary/aromatic N) is 1. The third-order valence-electron chi connectivity index (χ3n) is 3.72. The van der Waals surface area contributed by atoms with Gasteiger partial charge < -0.3 is 0 Å². The van der Waals surface area contributed by atoms with Gasteiger partial charge in [0.2, 0.25) is 0 Å². The number of hydrogen-bond acceptors (Lipinski definition) is 2. The average molecular weight is 285 g/mol. The van der Waals surface area contributed by atoms with Gasteiger partial charge in [-0.3, -0.25) is 4.90 Å². The van der Waals surface area contributed by atoms with E-state index in [0.717, 1.165) is 37.4 Å². The molecule has 0 radical (unpaired) electrons. The molecule has 1 nitrogen and oxygen atoms in total. The molecule has 2 rings (SSSR count). The molecule has 0 atom stereocenters. The first-order chi connectivity index (χ1) is 9.72. The monoisotopic (exact) mass is 285 g/mol. The minimum atomic E-state index is 0.775. The molecule has 1 aliphatic heterocycles. The zero-order chi connectivity index (χ0) is 14.4. The minimum absolute atomic E-state index is 0.775. The maximum atomic E-state index is 4.30. The van der Waals surface area contributed by atoms with Gasteiger partial charge in [0.1, 0.15) is 0 Å². The molecule has 0 spiro atoms. The highest BCUT2D eigenvalue weighted by molar-refractivity contribution is 7.80. The van der Waals surface area contributed by atoms with Gasteiger partial charge in [-0.05, 0) is 35.6 Å². The Morgan fingerprint density at radius 2 is 2.05 bits per heavy atom. The maximum absolute atomic E-state index is 4.30. The number of benzene rings is 1. The van der Waals surface area contributed by atoms with Crippen LogP contribution in [0.15, 0.2) is 60.2 Å². The van der Waals surface area contributed by atoms with Gasteiger partial charge in [0.15, 0.2) is 0 Å². The van der Waals surface area contributed by atoms with Crippen molar-refractivity contribution in [3.63, 3.8) is 0 Å². The zero-order valence-corrected chi connectivity index (χ0v) is 13.1. The van der Waals surface area contributed by atoms with Crippen LogP contribution in [-0.2, 0) is 13.0 Å². The Labute approximate surface area is 128 Å². The summed E-state index contributed by atoms with van der Waals surface area (Å²) in [4.78, 5) is 2.46. The van der Waals surface area contributed by atoms with Crippen molar-refractivity contribution in [2.75, 3.05) is 18.8 Å². The van der Waals surface area contributed by atoms with Crippen molar-refractivity contribution >= 4 is 12.6 Å². The molecular formula is C18H23NS. The number of rotatable bonds is 5. The van der Waals surface area contributed by atoms with Crippen LogP contribution in [0.3, 0.4) is 0 Å².